The molecule has 0 atom stereocenters. The van der Waals surface area contributed by atoms with E-state index in [0.717, 1.165) is 0 Å². The van der Waals surface area contributed by atoms with Crippen LogP contribution < -0.4 is 0 Å². The van der Waals surface area contributed by atoms with Gasteiger partial charge in [0.2, 0.25) is 0 Å². The van der Waals surface area contributed by atoms with E-state index in [-0.39, 0.29) is 32.0 Å². The van der Waals surface area contributed by atoms with E-state index in [1.54, 1.807) is 6.08 Å². The SMILES string of the molecule is CC=CC(C)=O.[Zr]. The Morgan fingerprint density at radius 3 is 2.00 bits per heavy atom. The zero-order chi connectivity index (χ0) is 4.99. The van der Waals surface area contributed by atoms with Gasteiger partial charge in [0, 0.05) is 26.2 Å². The van der Waals surface area contributed by atoms with Crippen LogP contribution in [-0.2, 0) is 31.0 Å². The molecule has 1 nitrogen and oxygen atoms in total. The third kappa shape index (κ3) is 10.7. The second kappa shape index (κ2) is 6.29. The van der Waals surface area contributed by atoms with Crippen molar-refractivity contribution in [2.75, 3.05) is 0 Å². The molecule has 0 aliphatic heterocycles. The Morgan fingerprint density at radius 2 is 2.00 bits per heavy atom. The summed E-state index contributed by atoms with van der Waals surface area (Å²) in [6, 6.07) is 0. The molecule has 0 radical (unpaired) electrons. The summed E-state index contributed by atoms with van der Waals surface area (Å²) in [6.07, 6.45) is 3.25. The fraction of sp³-hybridized carbons (Fsp3) is 0.400. The Morgan fingerprint density at radius 1 is 1.57 bits per heavy atom. The van der Waals surface area contributed by atoms with Gasteiger partial charge in [0.25, 0.3) is 0 Å². The number of allylic oxidation sites excluding steroid dienone is 2. The molecule has 0 aromatic heterocycles. The maximum absolute atomic E-state index is 9.96. The zero-order valence-electron chi connectivity index (χ0n) is 4.56. The first-order valence-corrected chi connectivity index (χ1v) is 1.90. The standard InChI is InChI=1S/C5H8O.Zr/c1-3-4-5(2)6;/h3-4H,1-2H3;. The van der Waals surface area contributed by atoms with Crippen molar-refractivity contribution in [3.8, 4) is 0 Å². The van der Waals surface area contributed by atoms with Crippen LogP contribution in [-0.4, -0.2) is 5.78 Å². The zero-order valence-corrected chi connectivity index (χ0v) is 7.02. The fourth-order valence-electron chi connectivity index (χ4n) is 0.235. The minimum absolute atomic E-state index is 0. The average Bonchev–Trinajstić information content (AvgIpc) is 1.35. The monoisotopic (exact) mass is 174 g/mol. The van der Waals surface area contributed by atoms with Crippen molar-refractivity contribution in [1.29, 1.82) is 0 Å². The van der Waals surface area contributed by atoms with Crippen molar-refractivity contribution in [3.05, 3.63) is 12.2 Å². The van der Waals surface area contributed by atoms with Crippen LogP contribution in [0.2, 0.25) is 0 Å². The van der Waals surface area contributed by atoms with Crippen LogP contribution in [0.3, 0.4) is 0 Å². The Balaban J connectivity index is 0. The van der Waals surface area contributed by atoms with E-state index in [0.29, 0.717) is 0 Å². The molecule has 0 spiro atoms. The molecule has 0 aromatic carbocycles. The summed E-state index contributed by atoms with van der Waals surface area (Å²) in [4.78, 5) is 9.96. The van der Waals surface area contributed by atoms with Crippen molar-refractivity contribution >= 4 is 5.78 Å². The van der Waals surface area contributed by atoms with Crippen LogP contribution in [0.5, 0.6) is 0 Å². The maximum Gasteiger partial charge on any atom is 0.152 e. The van der Waals surface area contributed by atoms with Gasteiger partial charge in [-0.2, -0.15) is 0 Å². The summed E-state index contributed by atoms with van der Waals surface area (Å²) in [5, 5.41) is 0. The van der Waals surface area contributed by atoms with Gasteiger partial charge < -0.3 is 0 Å². The predicted octanol–water partition coefficient (Wildman–Crippen LogP) is 1.15. The van der Waals surface area contributed by atoms with Gasteiger partial charge in [-0.25, -0.2) is 0 Å². The number of carbonyl (C=O) groups excluding carboxylic acids is 1. The molecule has 0 fully saturated rings. The first-order valence-electron chi connectivity index (χ1n) is 1.90. The third-order valence-electron chi connectivity index (χ3n) is 0.401. The van der Waals surface area contributed by atoms with E-state index in [4.69, 9.17) is 0 Å². The number of ketones is 1. The summed E-state index contributed by atoms with van der Waals surface area (Å²) in [6.45, 7) is 3.35. The normalized spacial score (nSPS) is 8.29. The molecule has 0 amide bonds. The summed E-state index contributed by atoms with van der Waals surface area (Å²) >= 11 is 0. The number of rotatable bonds is 1. The Kier molecular flexibility index (Phi) is 9.27. The van der Waals surface area contributed by atoms with Gasteiger partial charge in [0.1, 0.15) is 0 Å². The van der Waals surface area contributed by atoms with Gasteiger partial charge in [-0.1, -0.05) is 6.08 Å². The first kappa shape index (κ1) is 10.3. The Hall–Kier alpha value is 0.293. The van der Waals surface area contributed by atoms with E-state index in [9.17, 15) is 4.79 Å². The van der Waals surface area contributed by atoms with Gasteiger partial charge in [-0.05, 0) is 19.9 Å². The van der Waals surface area contributed by atoms with Crippen LogP contribution in [0.25, 0.3) is 0 Å². The molecule has 2 heteroatoms. The molecule has 0 aliphatic carbocycles. The topological polar surface area (TPSA) is 17.1 Å². The van der Waals surface area contributed by atoms with Crippen molar-refractivity contribution < 1.29 is 31.0 Å². The largest absolute Gasteiger partial charge is 0.295 e. The molecular weight excluding hydrogens is 167 g/mol. The molecular formula is C5H8OZr. The Bertz CT molecular complexity index is 76.1. The van der Waals surface area contributed by atoms with Gasteiger partial charge in [-0.3, -0.25) is 4.79 Å². The number of hydrogen-bond acceptors (Lipinski definition) is 1. The number of hydrogen-bond donors (Lipinski definition) is 0. The van der Waals surface area contributed by atoms with Crippen LogP contribution in [0.4, 0.5) is 0 Å². The summed E-state index contributed by atoms with van der Waals surface area (Å²) in [5.74, 6) is 0.109. The van der Waals surface area contributed by atoms with Crippen LogP contribution in [0.15, 0.2) is 12.2 Å². The summed E-state index contributed by atoms with van der Waals surface area (Å²) < 4.78 is 0. The molecule has 0 N–H and O–H groups in total. The van der Waals surface area contributed by atoms with E-state index >= 15 is 0 Å². The molecule has 0 bridgehead atoms. The summed E-state index contributed by atoms with van der Waals surface area (Å²) in [5.41, 5.74) is 0. The van der Waals surface area contributed by atoms with Crippen LogP contribution >= 0.6 is 0 Å². The van der Waals surface area contributed by atoms with Gasteiger partial charge >= 0.3 is 0 Å². The van der Waals surface area contributed by atoms with Crippen molar-refractivity contribution in [1.82, 2.24) is 0 Å². The van der Waals surface area contributed by atoms with E-state index in [1.165, 1.54) is 13.0 Å². The van der Waals surface area contributed by atoms with Gasteiger partial charge in [-0.15, -0.1) is 0 Å². The minimum atomic E-state index is 0. The predicted molar refractivity (Wildman–Crippen MR) is 25.5 cm³/mol. The van der Waals surface area contributed by atoms with Crippen LogP contribution in [0, 0.1) is 0 Å². The second-order valence-electron chi connectivity index (χ2n) is 1.11. The molecule has 7 heavy (non-hydrogen) atoms. The van der Waals surface area contributed by atoms with Crippen molar-refractivity contribution in [3.63, 3.8) is 0 Å². The average molecular weight is 175 g/mol. The Labute approximate surface area is 62.9 Å². The molecule has 0 aliphatic rings. The third-order valence-corrected chi connectivity index (χ3v) is 0.401. The van der Waals surface area contributed by atoms with Gasteiger partial charge in [0.05, 0.1) is 0 Å². The van der Waals surface area contributed by atoms with Crippen LogP contribution in [0.1, 0.15) is 13.8 Å². The molecule has 0 saturated heterocycles. The quantitative estimate of drug-likeness (QED) is 0.546. The van der Waals surface area contributed by atoms with E-state index in [2.05, 4.69) is 0 Å². The van der Waals surface area contributed by atoms with E-state index in [1.807, 2.05) is 6.92 Å². The van der Waals surface area contributed by atoms with Crippen molar-refractivity contribution in [2.45, 2.75) is 13.8 Å². The maximum atomic E-state index is 9.96. The molecule has 0 saturated carbocycles. The fourth-order valence-corrected chi connectivity index (χ4v) is 0.235. The van der Waals surface area contributed by atoms with Gasteiger partial charge in [0.15, 0.2) is 5.78 Å². The molecule has 0 rings (SSSR count). The second-order valence-corrected chi connectivity index (χ2v) is 1.11. The molecule has 0 unspecified atom stereocenters. The van der Waals surface area contributed by atoms with E-state index < -0.39 is 0 Å². The number of carbonyl (C=O) groups is 1. The molecule has 0 heterocycles. The molecule has 38 valence electrons. The van der Waals surface area contributed by atoms with Crippen molar-refractivity contribution in [2.24, 2.45) is 0 Å². The molecule has 0 aromatic rings. The minimum Gasteiger partial charge on any atom is -0.295 e. The smallest absolute Gasteiger partial charge is 0.152 e. The summed E-state index contributed by atoms with van der Waals surface area (Å²) in [7, 11) is 0. The first-order chi connectivity index (χ1) is 2.77.